The first kappa shape index (κ1) is 47.4. The van der Waals surface area contributed by atoms with Gasteiger partial charge in [0.1, 0.15) is 11.3 Å². The molecule has 1 aliphatic heterocycles. The van der Waals surface area contributed by atoms with E-state index in [2.05, 4.69) is 56.6 Å². The zero-order valence-corrected chi connectivity index (χ0v) is 39.2. The number of fused-ring (bicyclic) bond motifs is 7. The van der Waals surface area contributed by atoms with Crippen molar-refractivity contribution >= 4 is 28.8 Å². The number of aromatic hydroxyl groups is 1. The van der Waals surface area contributed by atoms with Gasteiger partial charge in [-0.1, -0.05) is 71.6 Å². The normalized spacial score (nSPS) is 26.4. The lowest BCUT2D eigenvalue weighted by atomic mass is 9.47. The van der Waals surface area contributed by atoms with E-state index in [0.717, 1.165) is 85.2 Å². The molecule has 10 nitrogen and oxygen atoms in total. The van der Waals surface area contributed by atoms with Crippen LogP contribution in [0.25, 0.3) is 33.4 Å². The van der Waals surface area contributed by atoms with E-state index in [1.165, 1.54) is 76.3 Å². The molecule has 4 unspecified atom stereocenters. The molecule has 8 atom stereocenters. The first-order valence-electron chi connectivity index (χ1n) is 24.4. The summed E-state index contributed by atoms with van der Waals surface area (Å²) in [5.74, 6) is -0.319. The van der Waals surface area contributed by atoms with Crippen molar-refractivity contribution in [2.75, 3.05) is 19.6 Å². The summed E-state index contributed by atoms with van der Waals surface area (Å²) in [5.41, 5.74) is 1.06. The number of carboxylic acid groups (broad SMARTS) is 1. The SMILES string of the molecule is CC(C)CCCC(C)[C@H]1CCC2C3CC=C4C[C@@H](NCCCNC(=O)CCNC(=O)c5ccc(-c6c7cc(F)c(=O)cc-7oc7cc(O)c(F)cc67)c(C(=O)O)c5)CC[C@]4(C)C3CC[C@@]21C. The molecule has 0 bridgehead atoms. The number of halogens is 2. The summed E-state index contributed by atoms with van der Waals surface area (Å²) < 4.78 is 34.9. The van der Waals surface area contributed by atoms with Crippen LogP contribution < -0.4 is 21.4 Å². The Kier molecular flexibility index (Phi) is 13.8. The van der Waals surface area contributed by atoms with Crippen LogP contribution in [0.2, 0.25) is 0 Å². The van der Waals surface area contributed by atoms with Gasteiger partial charge in [0.15, 0.2) is 17.4 Å². The second kappa shape index (κ2) is 19.2. The number of rotatable bonds is 16. The fraction of sp³-hybridized carbons (Fsp3) is 0.556. The van der Waals surface area contributed by atoms with E-state index in [-0.39, 0.29) is 63.4 Å². The molecule has 5 N–H and O–H groups in total. The third kappa shape index (κ3) is 9.28. The van der Waals surface area contributed by atoms with E-state index < -0.39 is 34.7 Å². The predicted octanol–water partition coefficient (Wildman–Crippen LogP) is 10.9. The molecule has 2 amide bonds. The maximum absolute atomic E-state index is 14.6. The number of carbonyl (C=O) groups excluding carboxylic acids is 2. The highest BCUT2D eigenvalue weighted by Crippen LogP contribution is 2.67. The first-order chi connectivity index (χ1) is 31.5. The van der Waals surface area contributed by atoms with Crippen molar-refractivity contribution in [2.24, 2.45) is 46.3 Å². The maximum atomic E-state index is 14.6. The molecule has 1 heterocycles. The summed E-state index contributed by atoms with van der Waals surface area (Å²) in [5, 5.41) is 29.6. The molecule has 66 heavy (non-hydrogen) atoms. The number of nitrogens with one attached hydrogen (secondary N) is 3. The second-order valence-corrected chi connectivity index (χ2v) is 21.0. The van der Waals surface area contributed by atoms with Gasteiger partial charge in [-0.05, 0) is 140 Å². The quantitative estimate of drug-likeness (QED) is 0.0422. The molecule has 2 aromatic carbocycles. The van der Waals surface area contributed by atoms with Crippen LogP contribution >= 0.6 is 0 Å². The Morgan fingerprint density at radius 2 is 1.67 bits per heavy atom. The van der Waals surface area contributed by atoms with Gasteiger partial charge in [0.25, 0.3) is 5.91 Å². The minimum Gasteiger partial charge on any atom is -0.505 e. The van der Waals surface area contributed by atoms with Gasteiger partial charge in [-0.15, -0.1) is 0 Å². The van der Waals surface area contributed by atoms with Crippen LogP contribution in [0.4, 0.5) is 8.78 Å². The smallest absolute Gasteiger partial charge is 0.336 e. The van der Waals surface area contributed by atoms with Gasteiger partial charge in [0, 0.05) is 59.8 Å². The van der Waals surface area contributed by atoms with Gasteiger partial charge in [-0.3, -0.25) is 14.4 Å². The second-order valence-electron chi connectivity index (χ2n) is 21.0. The molecule has 0 radical (unpaired) electrons. The number of aromatic carboxylic acids is 1. The minimum atomic E-state index is -1.43. The molecule has 0 saturated heterocycles. The molecule has 0 spiro atoms. The molecule has 2 aromatic rings. The number of amides is 2. The topological polar surface area (TPSA) is 158 Å². The van der Waals surface area contributed by atoms with E-state index in [1.807, 2.05) is 0 Å². The molecule has 0 aromatic heterocycles. The first-order valence-corrected chi connectivity index (χ1v) is 24.4. The maximum Gasteiger partial charge on any atom is 0.336 e. The van der Waals surface area contributed by atoms with Crippen LogP contribution in [0.3, 0.4) is 0 Å². The standard InChI is InChI=1S/C54H67F2N3O7/c1-30(2)8-6-9-31(3)40-14-15-41-36-13-11-33-25-34(16-19-53(33,4)42(36)17-20-54(40,41)5)57-21-7-22-58-49(62)18-23-59-51(63)32-10-12-35(37(24-32)52(64)65)50-38-26-43(55)45(60)28-47(38)66-48-29-46(61)44(56)27-39(48)50/h10-12,24,26-31,34,36,40-42,57,60H,6-9,13-23,25H2,1-5H3,(H,58,62)(H,59,63)(H,64,65)/t31?,34-,36?,40+,41?,42?,53-,54+/m0/s1. The minimum absolute atomic E-state index is 0.00499. The lowest BCUT2D eigenvalue weighted by Gasteiger charge is -2.58. The molecule has 3 fully saturated rings. The van der Waals surface area contributed by atoms with Gasteiger partial charge in [-0.2, -0.15) is 0 Å². The molecule has 354 valence electrons. The summed E-state index contributed by atoms with van der Waals surface area (Å²) in [4.78, 5) is 50.6. The zero-order valence-electron chi connectivity index (χ0n) is 39.2. The van der Waals surface area contributed by atoms with E-state index >= 15 is 0 Å². The number of hydrogen-bond donors (Lipinski definition) is 5. The fourth-order valence-electron chi connectivity index (χ4n) is 13.2. The highest BCUT2D eigenvalue weighted by atomic mass is 19.1. The predicted molar refractivity (Wildman–Crippen MR) is 252 cm³/mol. The van der Waals surface area contributed by atoms with Gasteiger partial charge >= 0.3 is 5.97 Å². The number of phenolic OH excluding ortho intramolecular Hbond substituents is 1. The van der Waals surface area contributed by atoms with Crippen molar-refractivity contribution in [3.8, 4) is 28.2 Å². The van der Waals surface area contributed by atoms with Crippen LogP contribution in [-0.4, -0.2) is 53.7 Å². The van der Waals surface area contributed by atoms with Crippen molar-refractivity contribution in [3.05, 3.63) is 87.1 Å². The Morgan fingerprint density at radius 3 is 2.44 bits per heavy atom. The van der Waals surface area contributed by atoms with E-state index in [0.29, 0.717) is 23.4 Å². The fourth-order valence-corrected chi connectivity index (χ4v) is 13.2. The Hall–Kier alpha value is -5.10. The van der Waals surface area contributed by atoms with E-state index in [4.69, 9.17) is 4.42 Å². The van der Waals surface area contributed by atoms with Gasteiger partial charge in [0.2, 0.25) is 11.3 Å². The summed E-state index contributed by atoms with van der Waals surface area (Å²) in [6.07, 6.45) is 17.9. The summed E-state index contributed by atoms with van der Waals surface area (Å²) in [6, 6.07) is 7.95. The van der Waals surface area contributed by atoms with Gasteiger partial charge in [-0.25, -0.2) is 13.6 Å². The van der Waals surface area contributed by atoms with Crippen molar-refractivity contribution < 1.29 is 37.8 Å². The number of carbonyl (C=O) groups is 3. The van der Waals surface area contributed by atoms with Crippen LogP contribution in [0.15, 0.2) is 63.3 Å². The average Bonchev–Trinajstić information content (AvgIpc) is 3.63. The van der Waals surface area contributed by atoms with Gasteiger partial charge < -0.3 is 30.6 Å². The summed E-state index contributed by atoms with van der Waals surface area (Å²) >= 11 is 0. The van der Waals surface area contributed by atoms with Crippen molar-refractivity contribution in [1.82, 2.24) is 16.0 Å². The highest BCUT2D eigenvalue weighted by Gasteiger charge is 2.59. The van der Waals surface area contributed by atoms with Crippen molar-refractivity contribution in [3.63, 3.8) is 0 Å². The van der Waals surface area contributed by atoms with Crippen LogP contribution in [0.5, 0.6) is 5.75 Å². The van der Waals surface area contributed by atoms with Crippen LogP contribution in [-0.2, 0) is 4.79 Å². The number of phenols is 1. The van der Waals surface area contributed by atoms with Crippen LogP contribution in [0, 0.1) is 58.0 Å². The monoisotopic (exact) mass is 907 g/mol. The highest BCUT2D eigenvalue weighted by molar-refractivity contribution is 6.09. The molecule has 3 saturated carbocycles. The zero-order chi connectivity index (χ0) is 47.1. The molecule has 5 aliphatic carbocycles. The summed E-state index contributed by atoms with van der Waals surface area (Å²) in [7, 11) is 0. The van der Waals surface area contributed by atoms with E-state index in [9.17, 15) is 38.2 Å². The molecular weight excluding hydrogens is 841 g/mol. The Balaban J connectivity index is 0.799. The van der Waals surface area contributed by atoms with Crippen molar-refractivity contribution in [1.29, 1.82) is 0 Å². The molecule has 12 heteroatoms. The Labute approximate surface area is 386 Å². The van der Waals surface area contributed by atoms with Crippen molar-refractivity contribution in [2.45, 2.75) is 124 Å². The lowest BCUT2D eigenvalue weighted by Crippen LogP contribution is -2.51. The Bertz CT molecular complexity index is 2550. The molecule has 8 rings (SSSR count). The summed E-state index contributed by atoms with van der Waals surface area (Å²) in [6.45, 7) is 13.8. The number of hydrogen-bond acceptors (Lipinski definition) is 7. The van der Waals surface area contributed by atoms with Gasteiger partial charge in [0.05, 0.1) is 5.56 Å². The third-order valence-corrected chi connectivity index (χ3v) is 16.7. The molecule has 6 aliphatic rings. The third-order valence-electron chi connectivity index (χ3n) is 16.7. The largest absolute Gasteiger partial charge is 0.505 e. The number of allylic oxidation sites excluding steroid dienone is 1. The number of benzene rings is 3. The number of carboxylic acids is 1. The molecular formula is C54H67F2N3O7. The lowest BCUT2D eigenvalue weighted by molar-refractivity contribution is -0.120. The Morgan fingerprint density at radius 1 is 0.864 bits per heavy atom. The van der Waals surface area contributed by atoms with Crippen LogP contribution in [0.1, 0.15) is 139 Å². The average molecular weight is 908 g/mol. The van der Waals surface area contributed by atoms with E-state index in [1.54, 1.807) is 5.57 Å².